The number of aromatic nitrogens is 2. The monoisotopic (exact) mass is 480 g/mol. The summed E-state index contributed by atoms with van der Waals surface area (Å²) in [7, 11) is 1.60. The van der Waals surface area contributed by atoms with Crippen molar-refractivity contribution < 1.29 is 9.53 Å². The number of carbonyl (C=O) groups excluding carboxylic acids is 1. The van der Waals surface area contributed by atoms with Gasteiger partial charge < -0.3 is 4.74 Å². The van der Waals surface area contributed by atoms with Crippen LogP contribution < -0.4 is 10.2 Å². The number of nitrogens with zero attached hydrogens (tertiary/aromatic N) is 3. The van der Waals surface area contributed by atoms with Crippen molar-refractivity contribution in [3.63, 3.8) is 0 Å². The van der Waals surface area contributed by atoms with Crippen molar-refractivity contribution in [2.75, 3.05) is 12.9 Å². The molecule has 0 unspecified atom stereocenters. The molecule has 162 valence electrons. The van der Waals surface area contributed by atoms with E-state index in [0.29, 0.717) is 5.75 Å². The average molecular weight is 481 g/mol. The number of amides is 1. The topological polar surface area (TPSA) is 76.5 Å². The van der Waals surface area contributed by atoms with E-state index in [1.54, 1.807) is 25.1 Å². The zero-order chi connectivity index (χ0) is 22.2. The minimum Gasteiger partial charge on any atom is -0.496 e. The molecule has 1 N–H and O–H groups in total. The molecule has 0 atom stereocenters. The molecule has 4 aromatic rings. The van der Waals surface area contributed by atoms with Crippen LogP contribution in [0.2, 0.25) is 0 Å². The Morgan fingerprint density at radius 2 is 1.78 bits per heavy atom. The Labute approximate surface area is 198 Å². The van der Waals surface area contributed by atoms with Crippen molar-refractivity contribution >= 4 is 57.8 Å². The number of hydrogen-bond donors (Lipinski definition) is 1. The van der Waals surface area contributed by atoms with Gasteiger partial charge in [-0.1, -0.05) is 89.5 Å². The first-order valence-corrected chi connectivity index (χ1v) is 12.5. The number of carbonyl (C=O) groups is 1. The van der Waals surface area contributed by atoms with Crippen molar-refractivity contribution in [3.05, 3.63) is 77.9 Å². The van der Waals surface area contributed by atoms with Gasteiger partial charge in [0.2, 0.25) is 0 Å². The Balaban J connectivity index is 1.26. The molecular weight excluding hydrogens is 460 g/mol. The number of hydrazone groups is 1. The predicted molar refractivity (Wildman–Crippen MR) is 133 cm³/mol. The van der Waals surface area contributed by atoms with Crippen LogP contribution in [0, 0.1) is 0 Å². The number of fused-ring (bicyclic) bond motifs is 1. The molecular formula is C23H20N4O2S3. The van der Waals surface area contributed by atoms with E-state index < -0.39 is 0 Å². The fourth-order valence-electron chi connectivity index (χ4n) is 2.98. The molecule has 0 aliphatic heterocycles. The molecule has 9 heteroatoms. The molecule has 32 heavy (non-hydrogen) atoms. The van der Waals surface area contributed by atoms with Crippen LogP contribution in [0.5, 0.6) is 5.75 Å². The second-order valence-electron chi connectivity index (χ2n) is 6.58. The molecule has 0 radical (unpaired) electrons. The molecule has 1 heterocycles. The van der Waals surface area contributed by atoms with Crippen LogP contribution in [0.15, 0.2) is 80.5 Å². The van der Waals surface area contributed by atoms with Gasteiger partial charge in [-0.15, -0.1) is 10.2 Å². The summed E-state index contributed by atoms with van der Waals surface area (Å²) in [5.74, 6) is 1.52. The average Bonchev–Trinajstić information content (AvgIpc) is 3.29. The molecule has 0 spiro atoms. The smallest absolute Gasteiger partial charge is 0.250 e. The van der Waals surface area contributed by atoms with Gasteiger partial charge in [-0.25, -0.2) is 5.43 Å². The van der Waals surface area contributed by atoms with Crippen molar-refractivity contribution in [2.45, 2.75) is 14.4 Å². The van der Waals surface area contributed by atoms with E-state index in [4.69, 9.17) is 4.74 Å². The Kier molecular flexibility index (Phi) is 7.76. The first kappa shape index (κ1) is 22.3. The number of nitrogens with one attached hydrogen (secondary N) is 1. The van der Waals surface area contributed by atoms with Gasteiger partial charge in [0.05, 0.1) is 19.1 Å². The summed E-state index contributed by atoms with van der Waals surface area (Å²) >= 11 is 4.50. The summed E-state index contributed by atoms with van der Waals surface area (Å²) in [5.41, 5.74) is 4.59. The lowest BCUT2D eigenvalue weighted by atomic mass is 10.1. The van der Waals surface area contributed by atoms with Crippen molar-refractivity contribution in [3.8, 4) is 5.75 Å². The number of hydrogen-bond acceptors (Lipinski definition) is 8. The normalized spacial score (nSPS) is 11.2. The van der Waals surface area contributed by atoms with E-state index >= 15 is 0 Å². The lowest BCUT2D eigenvalue weighted by molar-refractivity contribution is -0.118. The quantitative estimate of drug-likeness (QED) is 0.201. The van der Waals surface area contributed by atoms with E-state index in [2.05, 4.69) is 57.1 Å². The van der Waals surface area contributed by atoms with E-state index in [9.17, 15) is 4.79 Å². The Morgan fingerprint density at radius 1 is 1.03 bits per heavy atom. The van der Waals surface area contributed by atoms with Crippen LogP contribution in [0.3, 0.4) is 0 Å². The number of benzene rings is 3. The maximum atomic E-state index is 12.1. The van der Waals surface area contributed by atoms with E-state index in [0.717, 1.165) is 20.0 Å². The lowest BCUT2D eigenvalue weighted by Gasteiger charge is -2.04. The maximum Gasteiger partial charge on any atom is 0.250 e. The third kappa shape index (κ3) is 5.87. The highest BCUT2D eigenvalue weighted by atomic mass is 32.2. The van der Waals surface area contributed by atoms with Crippen molar-refractivity contribution in [1.82, 2.24) is 15.6 Å². The Morgan fingerprint density at radius 3 is 2.66 bits per heavy atom. The minimum absolute atomic E-state index is 0.207. The third-order valence-corrected chi connectivity index (χ3v) is 7.72. The minimum atomic E-state index is -0.207. The first-order chi connectivity index (χ1) is 15.7. The number of para-hydroxylation sites is 1. The summed E-state index contributed by atoms with van der Waals surface area (Å²) in [5, 5.41) is 14.9. The largest absolute Gasteiger partial charge is 0.496 e. The highest BCUT2D eigenvalue weighted by Crippen LogP contribution is 2.32. The van der Waals surface area contributed by atoms with E-state index in [-0.39, 0.29) is 11.7 Å². The van der Waals surface area contributed by atoms with E-state index in [1.165, 1.54) is 39.4 Å². The van der Waals surface area contributed by atoms with Crippen LogP contribution in [-0.2, 0) is 10.5 Å². The van der Waals surface area contributed by atoms with Gasteiger partial charge in [0.15, 0.2) is 8.68 Å². The zero-order valence-electron chi connectivity index (χ0n) is 17.2. The maximum absolute atomic E-state index is 12.1. The van der Waals surface area contributed by atoms with Crippen LogP contribution >= 0.6 is 34.9 Å². The number of methoxy groups -OCH3 is 1. The summed E-state index contributed by atoms with van der Waals surface area (Å²) < 4.78 is 6.90. The van der Waals surface area contributed by atoms with Gasteiger partial charge >= 0.3 is 0 Å². The summed E-state index contributed by atoms with van der Waals surface area (Å²) in [6.07, 6.45) is 1.56. The van der Waals surface area contributed by atoms with Crippen LogP contribution in [0.25, 0.3) is 10.8 Å². The highest BCUT2D eigenvalue weighted by Gasteiger charge is 2.09. The van der Waals surface area contributed by atoms with Gasteiger partial charge in [0, 0.05) is 11.3 Å². The number of ether oxygens (including phenoxy) is 1. The molecule has 0 aliphatic rings. The lowest BCUT2D eigenvalue weighted by Crippen LogP contribution is -2.19. The Hall–Kier alpha value is -2.88. The highest BCUT2D eigenvalue weighted by molar-refractivity contribution is 8.03. The summed E-state index contributed by atoms with van der Waals surface area (Å²) in [6, 6.07) is 22.2. The molecule has 3 aromatic carbocycles. The second kappa shape index (κ2) is 11.1. The molecule has 1 aromatic heterocycles. The molecule has 0 saturated heterocycles. The Bertz CT molecular complexity index is 1240. The van der Waals surface area contributed by atoms with Crippen molar-refractivity contribution in [2.24, 2.45) is 5.10 Å². The molecule has 1 amide bonds. The van der Waals surface area contributed by atoms with Crippen LogP contribution in [-0.4, -0.2) is 35.2 Å². The number of rotatable bonds is 9. The predicted octanol–water partition coefficient (Wildman–Crippen LogP) is 5.23. The molecule has 4 rings (SSSR count). The van der Waals surface area contributed by atoms with Crippen LogP contribution in [0.1, 0.15) is 11.1 Å². The molecule has 6 nitrogen and oxygen atoms in total. The fraction of sp³-hybridized carbons (Fsp3) is 0.130. The van der Waals surface area contributed by atoms with Gasteiger partial charge in [-0.3, -0.25) is 4.79 Å². The van der Waals surface area contributed by atoms with Crippen LogP contribution in [0.4, 0.5) is 0 Å². The second-order valence-corrected chi connectivity index (χ2v) is 10.0. The molecule has 0 fully saturated rings. The zero-order valence-corrected chi connectivity index (χ0v) is 19.7. The molecule has 0 bridgehead atoms. The number of thioether (sulfide) groups is 2. The summed E-state index contributed by atoms with van der Waals surface area (Å²) in [4.78, 5) is 12.1. The van der Waals surface area contributed by atoms with Gasteiger partial charge in [-0.05, 0) is 28.5 Å². The van der Waals surface area contributed by atoms with Gasteiger partial charge in [0.25, 0.3) is 5.91 Å². The standard InChI is InChI=1S/C23H20N4O2S3/c1-29-20-12-5-3-8-17(20)13-24-25-21(28)15-31-23-27-26-22(32-23)30-14-18-10-6-9-16-7-2-4-11-19(16)18/h2-13H,14-15H2,1H3,(H,25,28). The van der Waals surface area contributed by atoms with Gasteiger partial charge in [-0.2, -0.15) is 5.10 Å². The fourth-order valence-corrected chi connectivity index (χ4v) is 5.79. The van der Waals surface area contributed by atoms with E-state index in [1.807, 2.05) is 30.3 Å². The third-order valence-electron chi connectivity index (χ3n) is 4.48. The van der Waals surface area contributed by atoms with Gasteiger partial charge in [0.1, 0.15) is 5.75 Å². The first-order valence-electron chi connectivity index (χ1n) is 9.73. The van der Waals surface area contributed by atoms with Crippen molar-refractivity contribution in [1.29, 1.82) is 0 Å². The summed E-state index contributed by atoms with van der Waals surface area (Å²) in [6.45, 7) is 0. The SMILES string of the molecule is COc1ccccc1C=NNC(=O)CSc1nnc(SCc2cccc3ccccc23)s1. The molecule has 0 aliphatic carbocycles. The molecule has 0 saturated carbocycles.